The molecule has 148 valence electrons. The van der Waals surface area contributed by atoms with Crippen LogP contribution in [-0.4, -0.2) is 50.9 Å². The summed E-state index contributed by atoms with van der Waals surface area (Å²) >= 11 is 1.38. The van der Waals surface area contributed by atoms with E-state index in [0.717, 1.165) is 24.3 Å². The van der Waals surface area contributed by atoms with E-state index < -0.39 is 5.60 Å². The number of benzene rings is 1. The number of methoxy groups -OCH3 is 3. The number of halogens is 1. The number of anilines is 1. The Morgan fingerprint density at radius 2 is 1.89 bits per heavy atom. The summed E-state index contributed by atoms with van der Waals surface area (Å²) in [6, 6.07) is 5.61. The average molecular weight is 414 g/mol. The van der Waals surface area contributed by atoms with Crippen LogP contribution in [0.25, 0.3) is 11.3 Å². The van der Waals surface area contributed by atoms with E-state index >= 15 is 0 Å². The third-order valence-corrected chi connectivity index (χ3v) is 5.38. The number of nitrogens with one attached hydrogen (secondary N) is 2. The van der Waals surface area contributed by atoms with Crippen LogP contribution < -0.4 is 20.1 Å². The molecule has 7 nitrogen and oxygen atoms in total. The van der Waals surface area contributed by atoms with Gasteiger partial charge >= 0.3 is 0 Å². The Morgan fingerprint density at radius 1 is 1.19 bits per heavy atom. The number of ether oxygens (including phenoxy) is 3. The van der Waals surface area contributed by atoms with Crippen LogP contribution in [0.4, 0.5) is 5.13 Å². The molecule has 1 aromatic heterocycles. The van der Waals surface area contributed by atoms with Crippen molar-refractivity contribution >= 4 is 34.8 Å². The van der Waals surface area contributed by atoms with Gasteiger partial charge in [-0.15, -0.1) is 23.7 Å². The number of rotatable bonds is 6. The van der Waals surface area contributed by atoms with Gasteiger partial charge in [0, 0.05) is 18.1 Å². The monoisotopic (exact) mass is 413 g/mol. The molecular formula is C18H24ClN3O4S. The van der Waals surface area contributed by atoms with Crippen molar-refractivity contribution in [2.75, 3.05) is 39.7 Å². The van der Waals surface area contributed by atoms with Crippen molar-refractivity contribution in [3.8, 4) is 22.8 Å². The van der Waals surface area contributed by atoms with Gasteiger partial charge in [0.25, 0.3) is 5.91 Å². The number of aromatic nitrogens is 1. The maximum absolute atomic E-state index is 12.7. The first-order chi connectivity index (χ1) is 12.6. The molecule has 0 saturated carbocycles. The normalized spacial score (nSPS) is 15.5. The molecule has 27 heavy (non-hydrogen) atoms. The molecule has 0 unspecified atom stereocenters. The molecule has 1 fully saturated rings. The summed E-state index contributed by atoms with van der Waals surface area (Å²) in [6.45, 7) is 1.52. The second kappa shape index (κ2) is 9.36. The first-order valence-electron chi connectivity index (χ1n) is 8.37. The van der Waals surface area contributed by atoms with Crippen molar-refractivity contribution in [3.05, 3.63) is 23.6 Å². The van der Waals surface area contributed by atoms with E-state index in [1.807, 2.05) is 23.6 Å². The lowest BCUT2D eigenvalue weighted by molar-refractivity contribution is -0.140. The third kappa shape index (κ3) is 4.52. The van der Waals surface area contributed by atoms with Crippen LogP contribution in [0.15, 0.2) is 23.6 Å². The summed E-state index contributed by atoms with van der Waals surface area (Å²) in [4.78, 5) is 17.2. The van der Waals surface area contributed by atoms with Gasteiger partial charge in [-0.25, -0.2) is 4.98 Å². The Labute approximate surface area is 168 Å². The molecule has 0 atom stereocenters. The van der Waals surface area contributed by atoms with Crippen LogP contribution in [0.3, 0.4) is 0 Å². The van der Waals surface area contributed by atoms with Gasteiger partial charge in [-0.1, -0.05) is 0 Å². The van der Waals surface area contributed by atoms with Crippen molar-refractivity contribution in [2.45, 2.75) is 18.4 Å². The third-order valence-electron chi connectivity index (χ3n) is 4.62. The topological polar surface area (TPSA) is 81.7 Å². The number of piperidine rings is 1. The molecule has 3 rings (SSSR count). The molecule has 2 heterocycles. The lowest BCUT2D eigenvalue weighted by atomic mass is 9.91. The molecule has 1 saturated heterocycles. The zero-order chi connectivity index (χ0) is 18.6. The van der Waals surface area contributed by atoms with E-state index in [0.29, 0.717) is 29.5 Å². The fourth-order valence-corrected chi connectivity index (χ4v) is 3.74. The fourth-order valence-electron chi connectivity index (χ4n) is 3.02. The lowest BCUT2D eigenvalue weighted by Crippen LogP contribution is -2.51. The van der Waals surface area contributed by atoms with E-state index in [4.69, 9.17) is 14.2 Å². The van der Waals surface area contributed by atoms with E-state index in [1.54, 1.807) is 21.3 Å². The van der Waals surface area contributed by atoms with E-state index in [1.165, 1.54) is 11.3 Å². The molecule has 9 heteroatoms. The smallest absolute Gasteiger partial charge is 0.258 e. The number of hydrogen-bond donors (Lipinski definition) is 2. The highest BCUT2D eigenvalue weighted by atomic mass is 35.5. The van der Waals surface area contributed by atoms with Gasteiger partial charge in [-0.2, -0.15) is 0 Å². The van der Waals surface area contributed by atoms with Crippen molar-refractivity contribution in [2.24, 2.45) is 0 Å². The summed E-state index contributed by atoms with van der Waals surface area (Å²) in [7, 11) is 4.78. The predicted molar refractivity (Wildman–Crippen MR) is 108 cm³/mol. The molecule has 0 spiro atoms. The Morgan fingerprint density at radius 3 is 2.52 bits per heavy atom. The zero-order valence-corrected chi connectivity index (χ0v) is 17.2. The average Bonchev–Trinajstić information content (AvgIpc) is 3.16. The van der Waals surface area contributed by atoms with Gasteiger partial charge in [0.2, 0.25) is 0 Å². The highest BCUT2D eigenvalue weighted by Crippen LogP contribution is 2.34. The van der Waals surface area contributed by atoms with E-state index in [2.05, 4.69) is 15.6 Å². The van der Waals surface area contributed by atoms with Gasteiger partial charge < -0.3 is 19.5 Å². The Bertz CT molecular complexity index is 778. The molecular weight excluding hydrogens is 390 g/mol. The summed E-state index contributed by atoms with van der Waals surface area (Å²) < 4.78 is 16.1. The van der Waals surface area contributed by atoms with Crippen LogP contribution in [0, 0.1) is 0 Å². The number of hydrogen-bond acceptors (Lipinski definition) is 7. The van der Waals surface area contributed by atoms with Gasteiger partial charge in [0.1, 0.15) is 5.60 Å². The van der Waals surface area contributed by atoms with E-state index in [-0.39, 0.29) is 18.3 Å². The first kappa shape index (κ1) is 21.4. The zero-order valence-electron chi connectivity index (χ0n) is 15.5. The molecule has 1 amide bonds. The SMILES string of the molecule is COc1ccc(-c2csc(NC(=O)C3(OC)CCNCC3)n2)cc1OC.Cl. The van der Waals surface area contributed by atoms with Crippen molar-refractivity contribution in [1.29, 1.82) is 0 Å². The Hall–Kier alpha value is -1.87. The first-order valence-corrected chi connectivity index (χ1v) is 9.25. The second-order valence-corrected chi connectivity index (χ2v) is 6.87. The number of thiazole rings is 1. The molecule has 1 aliphatic heterocycles. The van der Waals surface area contributed by atoms with Gasteiger partial charge in [-0.05, 0) is 44.1 Å². The highest BCUT2D eigenvalue weighted by Gasteiger charge is 2.40. The summed E-state index contributed by atoms with van der Waals surface area (Å²) in [5.41, 5.74) is 0.867. The summed E-state index contributed by atoms with van der Waals surface area (Å²) in [5, 5.41) is 8.60. The van der Waals surface area contributed by atoms with Crippen molar-refractivity contribution in [1.82, 2.24) is 10.3 Å². The largest absolute Gasteiger partial charge is 0.493 e. The molecule has 0 bridgehead atoms. The van der Waals surface area contributed by atoms with Crippen molar-refractivity contribution < 1.29 is 19.0 Å². The number of nitrogens with zero attached hydrogens (tertiary/aromatic N) is 1. The summed E-state index contributed by atoms with van der Waals surface area (Å²) in [6.07, 6.45) is 1.28. The van der Waals surface area contributed by atoms with Crippen LogP contribution in [0.2, 0.25) is 0 Å². The molecule has 2 aromatic rings. The minimum atomic E-state index is -0.791. The minimum absolute atomic E-state index is 0. The maximum atomic E-state index is 12.7. The fraction of sp³-hybridized carbons (Fsp3) is 0.444. The van der Waals surface area contributed by atoms with Gasteiger partial charge in [0.15, 0.2) is 16.6 Å². The van der Waals surface area contributed by atoms with Crippen molar-refractivity contribution in [3.63, 3.8) is 0 Å². The molecule has 1 aromatic carbocycles. The van der Waals surface area contributed by atoms with Crippen LogP contribution in [0.5, 0.6) is 11.5 Å². The van der Waals surface area contributed by atoms with Crippen LogP contribution in [-0.2, 0) is 9.53 Å². The standard InChI is InChI=1S/C18H23N3O4S.ClH/c1-23-14-5-4-12(10-15(14)24-2)13-11-26-17(20-13)21-16(22)18(25-3)6-8-19-9-7-18;/h4-5,10-11,19H,6-9H2,1-3H3,(H,20,21,22);1H. The molecule has 2 N–H and O–H groups in total. The lowest BCUT2D eigenvalue weighted by Gasteiger charge is -2.34. The number of amides is 1. The highest BCUT2D eigenvalue weighted by molar-refractivity contribution is 7.14. The molecule has 0 aliphatic carbocycles. The molecule has 1 aliphatic rings. The van der Waals surface area contributed by atoms with Gasteiger partial charge in [-0.3, -0.25) is 10.1 Å². The van der Waals surface area contributed by atoms with Gasteiger partial charge in [0.05, 0.1) is 19.9 Å². The second-order valence-electron chi connectivity index (χ2n) is 6.01. The van der Waals surface area contributed by atoms with E-state index in [9.17, 15) is 4.79 Å². The quantitative estimate of drug-likeness (QED) is 0.757. The predicted octanol–water partition coefficient (Wildman–Crippen LogP) is 2.96. The Kier molecular flexibility index (Phi) is 7.43. The Balaban J connectivity index is 0.00000261. The molecule has 0 radical (unpaired) electrons. The number of carbonyl (C=O) groups is 1. The summed E-state index contributed by atoms with van der Waals surface area (Å²) in [5.74, 6) is 1.15. The number of carbonyl (C=O) groups excluding carboxylic acids is 1. The van der Waals surface area contributed by atoms with Crippen LogP contribution in [0.1, 0.15) is 12.8 Å². The van der Waals surface area contributed by atoms with Crippen LogP contribution >= 0.6 is 23.7 Å². The maximum Gasteiger partial charge on any atom is 0.258 e. The minimum Gasteiger partial charge on any atom is -0.493 e.